The van der Waals surface area contributed by atoms with E-state index in [9.17, 15) is 0 Å². The average Bonchev–Trinajstić information content (AvgIpc) is 3.81. The predicted molar refractivity (Wildman–Crippen MR) is 224 cm³/mol. The van der Waals surface area contributed by atoms with E-state index < -0.39 is 0 Å². The minimum atomic E-state index is 0. The van der Waals surface area contributed by atoms with Crippen LogP contribution in [-0.2, 0) is 41.5 Å². The fourth-order valence-electron chi connectivity index (χ4n) is 6.20. The Labute approximate surface area is 345 Å². The topological polar surface area (TPSA) is 0 Å². The van der Waals surface area contributed by atoms with Gasteiger partial charge in [0, 0.05) is 5.41 Å². The summed E-state index contributed by atoms with van der Waals surface area (Å²) in [5.74, 6) is 0.522. The molecular formula is C46H48Cl4Zr-4. The van der Waals surface area contributed by atoms with E-state index in [1.165, 1.54) is 74.3 Å². The van der Waals surface area contributed by atoms with Crippen LogP contribution in [0.25, 0.3) is 23.3 Å². The fourth-order valence-corrected chi connectivity index (χ4v) is 6.47. The standard InChI is InChI=1S/C23H21.C10H15.2C6H4Cl.CH2.2ClH.Zr/c1-22(2)7-5-14-10-18-16(12-20(14)22)9-17-13-21-15(11-19(17)18)6-8-23(21,3)4;1-8-5-6-9(7-8)10(2,3)4;2*7-6-4-2-1-3-5-6;;;;/h5-7,10-13H,9H2,1-4H3;6-8H,1-4H3;2*1-2,4-5H;1H2;2*1H;/q4*-1;;;;. The van der Waals surface area contributed by atoms with E-state index in [4.69, 9.17) is 23.2 Å². The summed E-state index contributed by atoms with van der Waals surface area (Å²) in [6.07, 6.45) is 19.0. The van der Waals surface area contributed by atoms with E-state index in [1.54, 1.807) is 12.1 Å². The van der Waals surface area contributed by atoms with Gasteiger partial charge >= 0.3 is 28.4 Å². The quantitative estimate of drug-likeness (QED) is 0.136. The molecule has 8 rings (SSSR count). The maximum atomic E-state index is 5.51. The van der Waals surface area contributed by atoms with Crippen molar-refractivity contribution in [2.75, 3.05) is 0 Å². The molecule has 0 saturated carbocycles. The minimum absolute atomic E-state index is 0. The molecule has 0 fully saturated rings. The Balaban J connectivity index is 0.000000268. The van der Waals surface area contributed by atoms with Crippen molar-refractivity contribution in [3.05, 3.63) is 164 Å². The Bertz CT molecular complexity index is 1760. The van der Waals surface area contributed by atoms with Gasteiger partial charge in [0.1, 0.15) is 0 Å². The predicted octanol–water partition coefficient (Wildman–Crippen LogP) is 13.7. The van der Waals surface area contributed by atoms with Gasteiger partial charge < -0.3 is 0 Å². The summed E-state index contributed by atoms with van der Waals surface area (Å²) in [7, 11) is 0. The Kier molecular flexibility index (Phi) is 16.9. The summed E-state index contributed by atoms with van der Waals surface area (Å²) in [6, 6.07) is 29.7. The molecule has 4 aromatic rings. The van der Waals surface area contributed by atoms with Crippen LogP contribution in [0.1, 0.15) is 88.8 Å². The van der Waals surface area contributed by atoms with E-state index in [-0.39, 0.29) is 35.6 Å². The molecule has 0 bridgehead atoms. The van der Waals surface area contributed by atoms with Crippen molar-refractivity contribution < 1.29 is 24.2 Å². The second-order valence-corrected chi connectivity index (χ2v) is 15.6. The number of fused-ring (bicyclic) bond motifs is 5. The first-order valence-corrected chi connectivity index (χ1v) is 19.2. The molecule has 0 spiro atoms. The molecule has 0 saturated heterocycles. The molecule has 51 heavy (non-hydrogen) atoms. The van der Waals surface area contributed by atoms with Crippen molar-refractivity contribution in [2.24, 2.45) is 11.3 Å². The van der Waals surface area contributed by atoms with Crippen LogP contribution in [0.4, 0.5) is 0 Å². The van der Waals surface area contributed by atoms with Crippen LogP contribution in [-0.4, -0.2) is 4.21 Å². The molecule has 0 aliphatic heterocycles. The van der Waals surface area contributed by atoms with Crippen molar-refractivity contribution in [1.29, 1.82) is 0 Å². The van der Waals surface area contributed by atoms with E-state index in [0.717, 1.165) is 16.5 Å². The molecule has 0 heterocycles. The Morgan fingerprint density at radius 2 is 1.31 bits per heavy atom. The first kappa shape index (κ1) is 44.9. The first-order chi connectivity index (χ1) is 23.1. The summed E-state index contributed by atoms with van der Waals surface area (Å²) in [6.45, 7) is 18.0. The third kappa shape index (κ3) is 11.6. The second kappa shape index (κ2) is 19.2. The monoisotopic (exact) mass is 830 g/mol. The van der Waals surface area contributed by atoms with E-state index in [0.29, 0.717) is 11.3 Å². The van der Waals surface area contributed by atoms with Crippen molar-refractivity contribution in [3.8, 4) is 11.1 Å². The number of hydrogen-bond acceptors (Lipinski definition) is 0. The van der Waals surface area contributed by atoms with Crippen molar-refractivity contribution in [2.45, 2.75) is 72.6 Å². The van der Waals surface area contributed by atoms with Crippen LogP contribution < -0.4 is 0 Å². The second-order valence-electron chi connectivity index (χ2n) is 14.8. The van der Waals surface area contributed by atoms with Gasteiger partial charge in [-0.15, -0.1) is 36.4 Å². The van der Waals surface area contributed by atoms with Crippen LogP contribution in [0.3, 0.4) is 0 Å². The molecule has 0 N–H and O–H groups in total. The molecule has 0 aromatic heterocycles. The summed E-state index contributed by atoms with van der Waals surface area (Å²) < 4.78 is 3.34. The molecule has 0 amide bonds. The van der Waals surface area contributed by atoms with Gasteiger partial charge in [0.25, 0.3) is 0 Å². The first-order valence-electron chi connectivity index (χ1n) is 16.7. The van der Waals surface area contributed by atoms with Crippen LogP contribution in [0, 0.1) is 35.6 Å². The molecule has 1 unspecified atom stereocenters. The van der Waals surface area contributed by atoms with Gasteiger partial charge in [0.15, 0.2) is 0 Å². The number of allylic oxidation sites excluding steroid dienone is 6. The van der Waals surface area contributed by atoms with Gasteiger partial charge in [0.05, 0.1) is 0 Å². The number of halogens is 4. The van der Waals surface area contributed by atoms with Crippen molar-refractivity contribution in [1.82, 2.24) is 0 Å². The van der Waals surface area contributed by atoms with Gasteiger partial charge in [0.2, 0.25) is 0 Å². The van der Waals surface area contributed by atoms with E-state index in [2.05, 4.69) is 139 Å². The molecule has 5 heteroatoms. The van der Waals surface area contributed by atoms with Crippen LogP contribution in [0.5, 0.6) is 0 Å². The van der Waals surface area contributed by atoms with Gasteiger partial charge in [-0.05, 0) is 45.9 Å². The van der Waals surface area contributed by atoms with Crippen LogP contribution >= 0.6 is 48.0 Å². The fraction of sp³-hybridized carbons (Fsp3) is 0.283. The van der Waals surface area contributed by atoms with Crippen molar-refractivity contribution in [3.63, 3.8) is 0 Å². The van der Waals surface area contributed by atoms with Crippen LogP contribution in [0.2, 0.25) is 10.0 Å². The SMILES string of the molecule is CC1(C)[C-]=Cc2cc3c(cc21)Cc1cc2c(cc1-3)C=CC2(C)C.CC1[C-]=CC(C(C)(C)C)=C1.Cl.Cl.Clc1c[c-]ccc1.Clc1c[c-]ccc1.[CH2]=[Zr]. The third-order valence-corrected chi connectivity index (χ3v) is 9.46. The molecule has 268 valence electrons. The Hall–Kier alpha value is -2.25. The third-order valence-electron chi connectivity index (χ3n) is 8.99. The van der Waals surface area contributed by atoms with E-state index in [1.807, 2.05) is 36.4 Å². The molecule has 4 aliphatic carbocycles. The zero-order chi connectivity index (χ0) is 36.0. The van der Waals surface area contributed by atoms with Gasteiger partial charge in [-0.25, -0.2) is 12.2 Å². The molecule has 0 nitrogen and oxygen atoms in total. The average molecular weight is 834 g/mol. The number of rotatable bonds is 0. The van der Waals surface area contributed by atoms with Gasteiger partial charge in [-0.3, -0.25) is 12.2 Å². The zero-order valence-electron chi connectivity index (χ0n) is 30.9. The summed E-state index contributed by atoms with van der Waals surface area (Å²) in [4.78, 5) is 0. The molecule has 4 aromatic carbocycles. The Morgan fingerprint density at radius 1 is 0.784 bits per heavy atom. The molecule has 1 atom stereocenters. The van der Waals surface area contributed by atoms with Gasteiger partial charge in [-0.2, -0.15) is 101 Å². The summed E-state index contributed by atoms with van der Waals surface area (Å²) in [5, 5.41) is 1.48. The summed E-state index contributed by atoms with van der Waals surface area (Å²) >= 11 is 12.3. The molecule has 0 radical (unpaired) electrons. The zero-order valence-corrected chi connectivity index (χ0v) is 36.5. The van der Waals surface area contributed by atoms with Gasteiger partial charge in [-0.1, -0.05) is 106 Å². The number of benzene rings is 4. The normalized spacial score (nSPS) is 16.6. The Morgan fingerprint density at radius 3 is 1.73 bits per heavy atom. The molecular weight excluding hydrogens is 786 g/mol. The van der Waals surface area contributed by atoms with E-state index >= 15 is 0 Å². The van der Waals surface area contributed by atoms with Crippen molar-refractivity contribution >= 4 is 64.4 Å². The van der Waals surface area contributed by atoms with Crippen LogP contribution in [0.15, 0.2) is 96.6 Å². The summed E-state index contributed by atoms with van der Waals surface area (Å²) in [5.41, 5.74) is 13.4. The maximum absolute atomic E-state index is 5.51. The number of hydrogen-bond donors (Lipinski definition) is 0. The molecule has 4 aliphatic rings.